The molecule has 11 heteroatoms. The molecule has 1 aliphatic rings. The normalized spacial score (nSPS) is 15.0. The van der Waals surface area contributed by atoms with Gasteiger partial charge in [-0.3, -0.25) is 0 Å². The van der Waals surface area contributed by atoms with Crippen LogP contribution in [-0.4, -0.2) is 35.2 Å². The van der Waals surface area contributed by atoms with E-state index in [2.05, 4.69) is 5.32 Å². The quantitative estimate of drug-likeness (QED) is 0.262. The van der Waals surface area contributed by atoms with Gasteiger partial charge in [0.05, 0.1) is 0 Å². The second-order valence-electron chi connectivity index (χ2n) is 7.12. The second-order valence-corrected chi connectivity index (χ2v) is 7.12. The summed E-state index contributed by atoms with van der Waals surface area (Å²) in [7, 11) is 0. The van der Waals surface area contributed by atoms with Crippen LogP contribution in [0.25, 0.3) is 0 Å². The van der Waals surface area contributed by atoms with Crippen molar-refractivity contribution in [3.05, 3.63) is 76.6 Å². The van der Waals surface area contributed by atoms with Crippen LogP contribution in [0.5, 0.6) is 5.75 Å². The Labute approximate surface area is 185 Å². The number of rotatable bonds is 5. The maximum atomic E-state index is 14.0. The topological polar surface area (TPSA) is 95.9 Å². The van der Waals surface area contributed by atoms with E-state index in [1.54, 1.807) is 24.3 Å². The Morgan fingerprint density at radius 2 is 1.27 bits per heavy atom. The largest absolute Gasteiger partial charge is 0.478 e. The number of aliphatic carboxylic acids is 2. The highest BCUT2D eigenvalue weighted by Gasteiger charge is 2.39. The van der Waals surface area contributed by atoms with Crippen LogP contribution in [0.2, 0.25) is 0 Å². The lowest BCUT2D eigenvalue weighted by atomic mass is 9.84. The number of halogens is 5. The van der Waals surface area contributed by atoms with Crippen LogP contribution in [0, 0.1) is 36.0 Å². The van der Waals surface area contributed by atoms with E-state index in [9.17, 15) is 31.5 Å². The van der Waals surface area contributed by atoms with Crippen LogP contribution in [0.3, 0.4) is 0 Å². The lowest BCUT2D eigenvalue weighted by molar-refractivity contribution is -0.134. The number of aryl methyl sites for hydroxylation is 1. The summed E-state index contributed by atoms with van der Waals surface area (Å²) in [6, 6.07) is 7.10. The SMILES string of the molecule is Cc1ccc(C2(Oc3c(F)c(F)c(F)c(F)c3F)CCNCC2)cc1.O=C(O)/C=C\C(=O)O. The minimum Gasteiger partial charge on any atom is -0.478 e. The molecule has 0 aromatic heterocycles. The van der Waals surface area contributed by atoms with Crippen LogP contribution >= 0.6 is 0 Å². The van der Waals surface area contributed by atoms with Crippen molar-refractivity contribution in [3.63, 3.8) is 0 Å². The maximum Gasteiger partial charge on any atom is 0.328 e. The molecule has 0 bridgehead atoms. The number of ether oxygens (including phenoxy) is 1. The fourth-order valence-corrected chi connectivity index (χ4v) is 3.15. The van der Waals surface area contributed by atoms with Gasteiger partial charge in [-0.1, -0.05) is 29.8 Å². The lowest BCUT2D eigenvalue weighted by Crippen LogP contribution is -2.44. The van der Waals surface area contributed by atoms with Crippen molar-refractivity contribution in [3.8, 4) is 5.75 Å². The summed E-state index contributed by atoms with van der Waals surface area (Å²) in [6.07, 6.45) is 1.77. The number of carboxylic acids is 2. The summed E-state index contributed by atoms with van der Waals surface area (Å²) >= 11 is 0. The Morgan fingerprint density at radius 1 is 0.848 bits per heavy atom. The summed E-state index contributed by atoms with van der Waals surface area (Å²) in [5.41, 5.74) is 0.435. The van der Waals surface area contributed by atoms with Gasteiger partial charge in [-0.05, 0) is 25.6 Å². The molecule has 0 saturated carbocycles. The van der Waals surface area contributed by atoms with E-state index in [1.807, 2.05) is 6.92 Å². The van der Waals surface area contributed by atoms with Crippen molar-refractivity contribution in [1.82, 2.24) is 5.32 Å². The molecule has 33 heavy (non-hydrogen) atoms. The molecule has 2 aromatic carbocycles. The summed E-state index contributed by atoms with van der Waals surface area (Å²) in [4.78, 5) is 19.1. The standard InChI is InChI=1S/C18H16F5NO.C4H4O4/c1-10-2-4-11(5-3-10)18(6-8-24-9-7-18)25-17-15(22)13(20)12(19)14(21)16(17)23;5-3(6)1-2-4(7)8/h2-5,24H,6-9H2,1H3;1-2H,(H,5,6)(H,7,8)/b;2-1-. The molecular formula is C22H20F5NO5. The number of carboxylic acid groups (broad SMARTS) is 2. The predicted molar refractivity (Wildman–Crippen MR) is 106 cm³/mol. The van der Waals surface area contributed by atoms with Crippen LogP contribution in [0.15, 0.2) is 36.4 Å². The van der Waals surface area contributed by atoms with Gasteiger partial charge >= 0.3 is 11.9 Å². The van der Waals surface area contributed by atoms with Gasteiger partial charge in [0, 0.05) is 25.0 Å². The van der Waals surface area contributed by atoms with Crippen molar-refractivity contribution >= 4 is 11.9 Å². The number of piperidine rings is 1. The molecule has 6 nitrogen and oxygen atoms in total. The first-order valence-corrected chi connectivity index (χ1v) is 9.60. The minimum absolute atomic E-state index is 0.329. The Bertz CT molecular complexity index is 1010. The summed E-state index contributed by atoms with van der Waals surface area (Å²) < 4.78 is 73.8. The van der Waals surface area contributed by atoms with Crippen molar-refractivity contribution in [1.29, 1.82) is 0 Å². The molecule has 0 amide bonds. The fraction of sp³-hybridized carbons (Fsp3) is 0.273. The fourth-order valence-electron chi connectivity index (χ4n) is 3.15. The zero-order valence-electron chi connectivity index (χ0n) is 17.3. The van der Waals surface area contributed by atoms with E-state index in [0.717, 1.165) is 5.56 Å². The third kappa shape index (κ3) is 6.28. The molecule has 0 spiro atoms. The monoisotopic (exact) mass is 473 g/mol. The Balaban J connectivity index is 0.000000414. The molecule has 1 saturated heterocycles. The van der Waals surface area contributed by atoms with Crippen molar-refractivity contribution in [2.24, 2.45) is 0 Å². The second kappa shape index (κ2) is 10.9. The summed E-state index contributed by atoms with van der Waals surface area (Å²) in [5.74, 6) is -13.9. The molecule has 3 N–H and O–H groups in total. The lowest BCUT2D eigenvalue weighted by Gasteiger charge is -2.38. The van der Waals surface area contributed by atoms with Crippen LogP contribution in [0.4, 0.5) is 22.0 Å². The van der Waals surface area contributed by atoms with E-state index in [-0.39, 0.29) is 0 Å². The predicted octanol–water partition coefficient (Wildman–Crippen LogP) is 4.06. The molecule has 3 rings (SSSR count). The van der Waals surface area contributed by atoms with Crippen molar-refractivity contribution in [2.75, 3.05) is 13.1 Å². The minimum atomic E-state index is -2.20. The molecule has 1 aliphatic heterocycles. The first-order chi connectivity index (χ1) is 15.5. The molecule has 1 fully saturated rings. The van der Waals surface area contributed by atoms with E-state index < -0.39 is 52.4 Å². The molecule has 0 unspecified atom stereocenters. The Kier molecular flexibility index (Phi) is 8.52. The van der Waals surface area contributed by atoms with Crippen LogP contribution < -0.4 is 10.1 Å². The highest BCUT2D eigenvalue weighted by atomic mass is 19.2. The van der Waals surface area contributed by atoms with Gasteiger partial charge in [0.15, 0.2) is 5.75 Å². The van der Waals surface area contributed by atoms with Crippen molar-refractivity contribution < 1.29 is 46.5 Å². The number of hydrogen-bond acceptors (Lipinski definition) is 4. The van der Waals surface area contributed by atoms with Gasteiger partial charge in [-0.15, -0.1) is 0 Å². The highest BCUT2D eigenvalue weighted by Crippen LogP contribution is 2.39. The number of carbonyl (C=O) groups is 2. The van der Waals surface area contributed by atoms with Gasteiger partial charge in [0.1, 0.15) is 5.60 Å². The molecule has 1 heterocycles. The molecule has 178 valence electrons. The molecular weight excluding hydrogens is 453 g/mol. The Morgan fingerprint density at radius 3 is 1.70 bits per heavy atom. The molecule has 2 aromatic rings. The average molecular weight is 473 g/mol. The van der Waals surface area contributed by atoms with E-state index in [0.29, 0.717) is 43.6 Å². The zero-order valence-corrected chi connectivity index (χ0v) is 17.3. The van der Waals surface area contributed by atoms with Crippen LogP contribution in [-0.2, 0) is 15.2 Å². The Hall–Kier alpha value is -3.47. The highest BCUT2D eigenvalue weighted by molar-refractivity contribution is 5.89. The van der Waals surface area contributed by atoms with Gasteiger partial charge in [0.2, 0.25) is 29.1 Å². The maximum absolute atomic E-state index is 14.0. The van der Waals surface area contributed by atoms with Crippen LogP contribution in [0.1, 0.15) is 24.0 Å². The molecule has 0 aliphatic carbocycles. The summed E-state index contributed by atoms with van der Waals surface area (Å²) in [5, 5.41) is 18.7. The van der Waals surface area contributed by atoms with Gasteiger partial charge < -0.3 is 20.3 Å². The summed E-state index contributed by atoms with van der Waals surface area (Å²) in [6.45, 7) is 2.86. The van der Waals surface area contributed by atoms with Gasteiger partial charge in [-0.25, -0.2) is 22.8 Å². The van der Waals surface area contributed by atoms with E-state index in [1.165, 1.54) is 0 Å². The number of benzene rings is 2. The first kappa shape index (κ1) is 25.8. The van der Waals surface area contributed by atoms with E-state index >= 15 is 0 Å². The van der Waals surface area contributed by atoms with E-state index in [4.69, 9.17) is 14.9 Å². The van der Waals surface area contributed by atoms with Gasteiger partial charge in [0.25, 0.3) is 0 Å². The third-order valence-electron chi connectivity index (χ3n) is 4.82. The number of hydrogen-bond donors (Lipinski definition) is 3. The molecule has 0 atom stereocenters. The average Bonchev–Trinajstić information content (AvgIpc) is 2.79. The zero-order chi connectivity index (χ0) is 24.8. The first-order valence-electron chi connectivity index (χ1n) is 9.60. The van der Waals surface area contributed by atoms with Crippen molar-refractivity contribution in [2.45, 2.75) is 25.4 Å². The smallest absolute Gasteiger partial charge is 0.328 e. The van der Waals surface area contributed by atoms with Gasteiger partial charge in [-0.2, -0.15) is 8.78 Å². The molecule has 0 radical (unpaired) electrons. The number of nitrogens with one attached hydrogen (secondary N) is 1. The third-order valence-corrected chi connectivity index (χ3v) is 4.82.